The van der Waals surface area contributed by atoms with Gasteiger partial charge in [-0.05, 0) is 150 Å². The SMILES string of the molecule is CC1CCC(C2CCC(COc3ccc(OCC4CCC(C5CCC(C)CC5)CC4)c4c3SC(=C(C#N)C(=O)OC(C)C)S4)CC2)CC1. The standard InChI is InChI=1S/C41H59NO4S2/c1-26(2)46-40(43)35(23-42)41-47-38-36(44-24-29-9-17-33(18-10-29)31-13-5-27(3)6-14-31)21-22-37(39(38)48-41)45-25-30-11-19-34(20-12-30)32-15-7-28(4)8-16-32/h21-22,26-34H,5-20,24-25H2,1-4H3. The molecule has 5 nitrogen and oxygen atoms in total. The van der Waals surface area contributed by atoms with Crippen LogP contribution in [0.25, 0.3) is 0 Å². The van der Waals surface area contributed by atoms with Crippen molar-refractivity contribution >= 4 is 29.5 Å². The molecule has 0 aromatic heterocycles. The number of nitriles is 1. The lowest BCUT2D eigenvalue weighted by molar-refractivity contribution is -0.142. The third-order valence-electron chi connectivity index (χ3n) is 12.5. The van der Waals surface area contributed by atoms with Crippen molar-refractivity contribution in [2.24, 2.45) is 47.3 Å². The molecule has 1 aromatic rings. The molecule has 48 heavy (non-hydrogen) atoms. The largest absolute Gasteiger partial charge is 0.492 e. The van der Waals surface area contributed by atoms with Crippen molar-refractivity contribution < 1.29 is 19.0 Å². The smallest absolute Gasteiger partial charge is 0.350 e. The Hall–Kier alpha value is -1.78. The molecule has 7 heteroatoms. The molecule has 0 N–H and O–H groups in total. The van der Waals surface area contributed by atoms with E-state index in [1.54, 1.807) is 0 Å². The van der Waals surface area contributed by atoms with Crippen molar-refractivity contribution in [3.05, 3.63) is 21.9 Å². The van der Waals surface area contributed by atoms with Crippen molar-refractivity contribution in [2.75, 3.05) is 13.2 Å². The maximum Gasteiger partial charge on any atom is 0.350 e. The molecule has 1 aromatic carbocycles. The molecule has 0 saturated heterocycles. The van der Waals surface area contributed by atoms with E-state index in [1.165, 1.54) is 126 Å². The minimum atomic E-state index is -0.561. The average Bonchev–Trinajstić information content (AvgIpc) is 3.53. The normalized spacial score (nSPS) is 32.3. The van der Waals surface area contributed by atoms with Gasteiger partial charge in [0.1, 0.15) is 17.6 Å². The summed E-state index contributed by atoms with van der Waals surface area (Å²) in [6, 6.07) is 6.25. The number of benzene rings is 1. The van der Waals surface area contributed by atoms with Crippen molar-refractivity contribution in [3.8, 4) is 17.6 Å². The third kappa shape index (κ3) is 9.11. The summed E-state index contributed by atoms with van der Waals surface area (Å²) in [5, 5.41) is 9.99. The highest BCUT2D eigenvalue weighted by atomic mass is 32.2. The lowest BCUT2D eigenvalue weighted by Gasteiger charge is -2.37. The van der Waals surface area contributed by atoms with Crippen LogP contribution in [-0.4, -0.2) is 25.3 Å². The van der Waals surface area contributed by atoms with Gasteiger partial charge in [0.05, 0.1) is 33.3 Å². The Labute approximate surface area is 299 Å². The molecule has 4 fully saturated rings. The van der Waals surface area contributed by atoms with Crippen molar-refractivity contribution in [3.63, 3.8) is 0 Å². The van der Waals surface area contributed by atoms with Gasteiger partial charge in [-0.1, -0.05) is 63.1 Å². The van der Waals surface area contributed by atoms with Gasteiger partial charge in [0, 0.05) is 0 Å². The number of hydrogen-bond acceptors (Lipinski definition) is 7. The van der Waals surface area contributed by atoms with Gasteiger partial charge in [0.2, 0.25) is 0 Å². The zero-order chi connectivity index (χ0) is 33.6. The zero-order valence-electron chi connectivity index (χ0n) is 30.0. The van der Waals surface area contributed by atoms with Crippen LogP contribution in [0.2, 0.25) is 0 Å². The highest BCUT2D eigenvalue weighted by Gasteiger charge is 2.34. The van der Waals surface area contributed by atoms with Crippen molar-refractivity contribution in [2.45, 2.75) is 146 Å². The molecule has 6 rings (SSSR count). The molecule has 4 aliphatic carbocycles. The molecular weight excluding hydrogens is 635 g/mol. The summed E-state index contributed by atoms with van der Waals surface area (Å²) < 4.78 is 19.3. The van der Waals surface area contributed by atoms with Crippen LogP contribution in [0, 0.1) is 58.7 Å². The summed E-state index contributed by atoms with van der Waals surface area (Å²) >= 11 is 2.93. The lowest BCUT2D eigenvalue weighted by Crippen LogP contribution is -2.27. The van der Waals surface area contributed by atoms with E-state index < -0.39 is 5.97 Å². The Kier molecular flexibility index (Phi) is 12.7. The fourth-order valence-corrected chi connectivity index (χ4v) is 11.9. The Bertz CT molecular complexity index is 1230. The lowest BCUT2D eigenvalue weighted by atomic mass is 9.69. The second kappa shape index (κ2) is 17.0. The number of esters is 1. The highest BCUT2D eigenvalue weighted by Crippen LogP contribution is 2.59. The Morgan fingerprint density at radius 2 is 1.06 bits per heavy atom. The van der Waals surface area contributed by atoms with E-state index in [1.807, 2.05) is 13.8 Å². The molecule has 1 heterocycles. The Morgan fingerprint density at radius 3 is 1.42 bits per heavy atom. The molecule has 0 unspecified atom stereocenters. The number of rotatable bonds is 10. The first kappa shape index (κ1) is 36.0. The van der Waals surface area contributed by atoms with Gasteiger partial charge in [-0.3, -0.25) is 0 Å². The number of thioether (sulfide) groups is 2. The monoisotopic (exact) mass is 693 g/mol. The third-order valence-corrected chi connectivity index (χ3v) is 15.1. The van der Waals surface area contributed by atoms with E-state index in [0.717, 1.165) is 70.0 Å². The van der Waals surface area contributed by atoms with Crippen LogP contribution in [0.15, 0.2) is 31.7 Å². The Morgan fingerprint density at radius 1 is 0.688 bits per heavy atom. The topological polar surface area (TPSA) is 68.5 Å². The summed E-state index contributed by atoms with van der Waals surface area (Å²) in [6.45, 7) is 9.88. The van der Waals surface area contributed by atoms with E-state index in [0.29, 0.717) is 16.1 Å². The quantitative estimate of drug-likeness (QED) is 0.137. The molecule has 264 valence electrons. The van der Waals surface area contributed by atoms with Crippen LogP contribution >= 0.6 is 23.5 Å². The maximum absolute atomic E-state index is 12.9. The average molecular weight is 694 g/mol. The number of fused-ring (bicyclic) bond motifs is 1. The molecule has 1 aliphatic heterocycles. The first-order valence-electron chi connectivity index (χ1n) is 19.4. The van der Waals surface area contributed by atoms with Crippen LogP contribution in [0.5, 0.6) is 11.5 Å². The molecule has 0 bridgehead atoms. The second-order valence-electron chi connectivity index (χ2n) is 16.4. The Balaban J connectivity index is 1.09. The summed E-state index contributed by atoms with van der Waals surface area (Å²) in [4.78, 5) is 14.8. The van der Waals surface area contributed by atoms with Gasteiger partial charge in [0.25, 0.3) is 0 Å². The fourth-order valence-electron chi connectivity index (χ4n) is 9.29. The fraction of sp³-hybridized carbons (Fsp3) is 0.756. The number of ether oxygens (including phenoxy) is 3. The van der Waals surface area contributed by atoms with E-state index in [2.05, 4.69) is 32.0 Å². The molecule has 0 amide bonds. The van der Waals surface area contributed by atoms with E-state index in [-0.39, 0.29) is 11.7 Å². The molecular formula is C41H59NO4S2. The van der Waals surface area contributed by atoms with Crippen LogP contribution in [0.3, 0.4) is 0 Å². The van der Waals surface area contributed by atoms with Crippen LogP contribution < -0.4 is 9.47 Å². The molecule has 0 atom stereocenters. The van der Waals surface area contributed by atoms with Crippen molar-refractivity contribution in [1.29, 1.82) is 5.26 Å². The van der Waals surface area contributed by atoms with Gasteiger partial charge in [0.15, 0.2) is 5.57 Å². The van der Waals surface area contributed by atoms with Gasteiger partial charge >= 0.3 is 5.97 Å². The van der Waals surface area contributed by atoms with Crippen LogP contribution in [-0.2, 0) is 9.53 Å². The molecule has 5 aliphatic rings. The van der Waals surface area contributed by atoms with E-state index >= 15 is 0 Å². The van der Waals surface area contributed by atoms with E-state index in [4.69, 9.17) is 14.2 Å². The molecule has 4 saturated carbocycles. The van der Waals surface area contributed by atoms with Gasteiger partial charge in [-0.15, -0.1) is 0 Å². The molecule has 0 spiro atoms. The number of hydrogen-bond donors (Lipinski definition) is 0. The summed E-state index contributed by atoms with van der Waals surface area (Å²) in [7, 11) is 0. The minimum absolute atomic E-state index is 0.0673. The van der Waals surface area contributed by atoms with Crippen LogP contribution in [0.1, 0.15) is 130 Å². The van der Waals surface area contributed by atoms with Gasteiger partial charge in [-0.2, -0.15) is 5.26 Å². The number of carbonyl (C=O) groups is 1. The van der Waals surface area contributed by atoms with Crippen LogP contribution in [0.4, 0.5) is 0 Å². The van der Waals surface area contributed by atoms with E-state index in [9.17, 15) is 10.1 Å². The number of nitrogens with zero attached hydrogens (tertiary/aromatic N) is 1. The summed E-state index contributed by atoms with van der Waals surface area (Å²) in [5.74, 6) is 7.76. The minimum Gasteiger partial charge on any atom is -0.492 e. The van der Waals surface area contributed by atoms with Gasteiger partial charge in [-0.25, -0.2) is 4.79 Å². The summed E-state index contributed by atoms with van der Waals surface area (Å²) in [5.41, 5.74) is 0.0673. The second-order valence-corrected chi connectivity index (χ2v) is 18.7. The first-order valence-corrected chi connectivity index (χ1v) is 21.0. The van der Waals surface area contributed by atoms with Gasteiger partial charge < -0.3 is 14.2 Å². The zero-order valence-corrected chi connectivity index (χ0v) is 31.6. The molecule has 0 radical (unpaired) electrons. The predicted octanol–water partition coefficient (Wildman–Crippen LogP) is 11.6. The first-order chi connectivity index (χ1) is 23.3. The van der Waals surface area contributed by atoms with Crippen molar-refractivity contribution in [1.82, 2.24) is 0 Å². The predicted molar refractivity (Wildman–Crippen MR) is 196 cm³/mol. The summed E-state index contributed by atoms with van der Waals surface area (Å²) in [6.07, 6.45) is 21.4. The maximum atomic E-state index is 12.9. The number of carbonyl (C=O) groups excluding carboxylic acids is 1. The highest BCUT2D eigenvalue weighted by molar-refractivity contribution is 8.24.